The van der Waals surface area contributed by atoms with Gasteiger partial charge in [-0.1, -0.05) is 45.0 Å². The first-order chi connectivity index (χ1) is 37.7. The van der Waals surface area contributed by atoms with Crippen LogP contribution < -0.4 is 25.2 Å². The second-order valence-corrected chi connectivity index (χ2v) is 21.9. The zero-order valence-electron chi connectivity index (χ0n) is 45.8. The number of halogens is 3. The number of hydrogen-bond acceptors (Lipinski definition) is 14. The summed E-state index contributed by atoms with van der Waals surface area (Å²) in [5.74, 6) is -0.885. The lowest BCUT2D eigenvalue weighted by molar-refractivity contribution is -0.144. The second kappa shape index (κ2) is 29.4. The van der Waals surface area contributed by atoms with E-state index in [4.69, 9.17) is 40.6 Å². The van der Waals surface area contributed by atoms with Crippen molar-refractivity contribution in [2.75, 3.05) is 89.0 Å². The van der Waals surface area contributed by atoms with Gasteiger partial charge in [-0.2, -0.15) is 18.4 Å². The van der Waals surface area contributed by atoms with Crippen molar-refractivity contribution in [1.82, 2.24) is 20.5 Å². The van der Waals surface area contributed by atoms with Gasteiger partial charge in [0.1, 0.15) is 36.6 Å². The standard InChI is InChI=1S/C57H72F3N7O10S2/c1-39-49(79-38-63-39)41-15-13-40(14-16-41)36-62-51(69)47-12-11-23-65(47)52(70)50(55(2,3)4)64-48(68)37-76-31-30-74-27-10-8-25-72-24-7-9-26-73-28-29-75-32-33-77-45-21-19-43(20-22-45)67-54(78)66(53(71)56(67,5)6)44-18-17-42(35-61)46(34-44)57(58,59)60/h13-22,34,38,47,50H,7-12,23-33,36-37H2,1-6H3,(H,62,69)(H,64,68)/t47-,50+/m0/s1. The molecule has 2 aliphatic heterocycles. The fourth-order valence-electron chi connectivity index (χ4n) is 8.97. The number of nitrogens with zero attached hydrogens (tertiary/aromatic N) is 5. The lowest BCUT2D eigenvalue weighted by atomic mass is 9.85. The minimum absolute atomic E-state index is 0.00176. The van der Waals surface area contributed by atoms with Crippen molar-refractivity contribution >= 4 is 63.7 Å². The molecule has 2 atom stereocenters. The first-order valence-corrected chi connectivity index (χ1v) is 27.8. The van der Waals surface area contributed by atoms with Crippen LogP contribution in [-0.2, 0) is 55.6 Å². The molecule has 0 unspecified atom stereocenters. The Morgan fingerprint density at radius 3 is 2.00 bits per heavy atom. The monoisotopic (exact) mass is 1140 g/mol. The first-order valence-electron chi connectivity index (χ1n) is 26.5. The van der Waals surface area contributed by atoms with Gasteiger partial charge in [0.05, 0.1) is 72.0 Å². The molecule has 79 heavy (non-hydrogen) atoms. The number of alkyl halides is 3. The van der Waals surface area contributed by atoms with E-state index in [1.807, 2.05) is 57.5 Å². The van der Waals surface area contributed by atoms with Gasteiger partial charge in [0, 0.05) is 45.2 Å². The lowest BCUT2D eigenvalue weighted by Gasteiger charge is -2.35. The normalized spacial score (nSPS) is 15.8. The Labute approximate surface area is 470 Å². The number of benzene rings is 3. The molecule has 4 aromatic rings. The van der Waals surface area contributed by atoms with E-state index in [0.29, 0.717) is 90.2 Å². The van der Waals surface area contributed by atoms with Crippen LogP contribution in [0.2, 0.25) is 0 Å². The fraction of sp³-hybridized carbons (Fsp3) is 0.526. The maximum atomic E-state index is 13.9. The summed E-state index contributed by atoms with van der Waals surface area (Å²) in [4.78, 5) is 63.4. The van der Waals surface area contributed by atoms with E-state index < -0.39 is 52.2 Å². The number of nitriles is 1. The van der Waals surface area contributed by atoms with Crippen LogP contribution in [0.25, 0.3) is 10.4 Å². The van der Waals surface area contributed by atoms with Gasteiger partial charge in [-0.05, 0) is 131 Å². The summed E-state index contributed by atoms with van der Waals surface area (Å²) in [5, 5.41) is 15.1. The number of likely N-dealkylation sites (tertiary alicyclic amines) is 1. The molecule has 3 heterocycles. The predicted molar refractivity (Wildman–Crippen MR) is 298 cm³/mol. The van der Waals surface area contributed by atoms with Crippen molar-refractivity contribution in [2.24, 2.45) is 5.41 Å². The van der Waals surface area contributed by atoms with Gasteiger partial charge in [0.25, 0.3) is 5.91 Å². The van der Waals surface area contributed by atoms with Gasteiger partial charge in [0.2, 0.25) is 17.7 Å². The number of carbonyl (C=O) groups excluding carboxylic acids is 4. The van der Waals surface area contributed by atoms with Gasteiger partial charge in [0.15, 0.2) is 5.11 Å². The van der Waals surface area contributed by atoms with Crippen molar-refractivity contribution in [3.8, 4) is 22.3 Å². The van der Waals surface area contributed by atoms with E-state index in [9.17, 15) is 37.6 Å². The Balaban J connectivity index is 0.737. The number of nitrogens with one attached hydrogen (secondary N) is 2. The van der Waals surface area contributed by atoms with E-state index in [-0.39, 0.29) is 42.4 Å². The summed E-state index contributed by atoms with van der Waals surface area (Å²) < 4.78 is 75.1. The summed E-state index contributed by atoms with van der Waals surface area (Å²) in [6, 6.07) is 18.0. The molecule has 4 amide bonds. The third kappa shape index (κ3) is 17.5. The van der Waals surface area contributed by atoms with E-state index in [0.717, 1.165) is 64.4 Å². The van der Waals surface area contributed by atoms with E-state index in [2.05, 4.69) is 15.6 Å². The number of amides is 4. The molecule has 428 valence electrons. The molecule has 0 saturated carbocycles. The van der Waals surface area contributed by atoms with Gasteiger partial charge < -0.3 is 48.9 Å². The highest BCUT2D eigenvalue weighted by atomic mass is 32.1. The molecule has 2 fully saturated rings. The SMILES string of the molecule is Cc1ncsc1-c1ccc(CNC(=O)[C@@H]2CCCN2C(=O)[C@@H](NC(=O)COCCOCCCCOCCCCOCCOCCOc2ccc(N3C(=S)N(c4ccc(C#N)c(C(F)(F)F)c4)C(=O)C3(C)C)cc2)C(C)(C)C)cc1. The molecule has 1 aromatic heterocycles. The largest absolute Gasteiger partial charge is 0.491 e. The molecular weight excluding hydrogens is 1060 g/mol. The average Bonchev–Trinajstić information content (AvgIpc) is 4.34. The van der Waals surface area contributed by atoms with Crippen LogP contribution in [0, 0.1) is 23.7 Å². The highest BCUT2D eigenvalue weighted by Gasteiger charge is 2.51. The number of thiazole rings is 1. The van der Waals surface area contributed by atoms with Crippen LogP contribution in [0.4, 0.5) is 24.5 Å². The molecule has 3 aromatic carbocycles. The van der Waals surface area contributed by atoms with Crippen molar-refractivity contribution in [1.29, 1.82) is 5.26 Å². The van der Waals surface area contributed by atoms with Crippen LogP contribution in [0.5, 0.6) is 5.75 Å². The molecule has 0 aliphatic carbocycles. The Hall–Kier alpha value is -6.06. The molecule has 17 nitrogen and oxygen atoms in total. The van der Waals surface area contributed by atoms with Crippen molar-refractivity contribution in [3.63, 3.8) is 0 Å². The Morgan fingerprint density at radius 1 is 0.835 bits per heavy atom. The molecule has 2 N–H and O–H groups in total. The van der Waals surface area contributed by atoms with Crippen LogP contribution in [0.15, 0.2) is 72.2 Å². The van der Waals surface area contributed by atoms with Crippen molar-refractivity contribution in [3.05, 3.63) is 94.6 Å². The predicted octanol–water partition coefficient (Wildman–Crippen LogP) is 8.79. The number of anilines is 2. The smallest absolute Gasteiger partial charge is 0.417 e. The third-order valence-electron chi connectivity index (χ3n) is 13.3. The van der Waals surface area contributed by atoms with E-state index >= 15 is 0 Å². The minimum atomic E-state index is -4.79. The zero-order chi connectivity index (χ0) is 57.2. The van der Waals surface area contributed by atoms with Crippen molar-refractivity contribution < 1.29 is 60.8 Å². The molecule has 0 bridgehead atoms. The summed E-state index contributed by atoms with van der Waals surface area (Å²) >= 11 is 7.20. The highest BCUT2D eigenvalue weighted by molar-refractivity contribution is 7.81. The molecular formula is C57H72F3N7O10S2. The van der Waals surface area contributed by atoms with Crippen LogP contribution in [0.1, 0.15) is 95.5 Å². The Morgan fingerprint density at radius 2 is 1.42 bits per heavy atom. The average molecular weight is 1140 g/mol. The van der Waals surface area contributed by atoms with E-state index in [1.54, 1.807) is 65.3 Å². The number of thiocarbonyl (C=S) groups is 1. The summed E-state index contributed by atoms with van der Waals surface area (Å²) in [7, 11) is 0. The number of unbranched alkanes of at least 4 members (excludes halogenated alkanes) is 2. The maximum absolute atomic E-state index is 13.9. The number of carbonyl (C=O) groups is 4. The number of aromatic nitrogens is 1. The number of hydrogen-bond donors (Lipinski definition) is 2. The van der Waals surface area contributed by atoms with E-state index in [1.165, 1.54) is 6.07 Å². The molecule has 2 saturated heterocycles. The van der Waals surface area contributed by atoms with Gasteiger partial charge in [-0.25, -0.2) is 4.98 Å². The zero-order valence-corrected chi connectivity index (χ0v) is 47.4. The van der Waals surface area contributed by atoms with Gasteiger partial charge in [-0.3, -0.25) is 24.1 Å². The van der Waals surface area contributed by atoms with Crippen molar-refractivity contribution in [2.45, 2.75) is 110 Å². The lowest BCUT2D eigenvalue weighted by Crippen LogP contribution is -2.58. The Kier molecular flexibility index (Phi) is 23.1. The Bertz CT molecular complexity index is 2710. The van der Waals surface area contributed by atoms with Gasteiger partial charge >= 0.3 is 6.18 Å². The summed E-state index contributed by atoms with van der Waals surface area (Å²) in [6.07, 6.45) is -0.200. The quantitative estimate of drug-likeness (QED) is 0.0372. The van der Waals surface area contributed by atoms with Gasteiger partial charge in [-0.15, -0.1) is 11.3 Å². The molecule has 0 radical (unpaired) electrons. The molecule has 0 spiro atoms. The molecule has 2 aliphatic rings. The minimum Gasteiger partial charge on any atom is -0.491 e. The molecule has 6 rings (SSSR count). The second-order valence-electron chi connectivity index (χ2n) is 20.7. The van der Waals surface area contributed by atoms with Crippen LogP contribution >= 0.6 is 23.6 Å². The summed E-state index contributed by atoms with van der Waals surface area (Å²) in [6.45, 7) is 15.8. The topological polar surface area (TPSA) is 194 Å². The number of aryl methyl sites for hydroxylation is 1. The first kappa shape index (κ1) is 62.1. The third-order valence-corrected chi connectivity index (χ3v) is 14.6. The highest BCUT2D eigenvalue weighted by Crippen LogP contribution is 2.40. The maximum Gasteiger partial charge on any atom is 0.417 e. The van der Waals surface area contributed by atoms with Crippen LogP contribution in [-0.4, -0.2) is 135 Å². The number of ether oxygens (including phenoxy) is 6. The van der Waals surface area contributed by atoms with Crippen LogP contribution in [0.3, 0.4) is 0 Å². The molecule has 22 heteroatoms. The fourth-order valence-corrected chi connectivity index (χ4v) is 10.3. The summed E-state index contributed by atoms with van der Waals surface area (Å²) in [5.41, 5.74) is 1.77. The number of rotatable bonds is 30.